The van der Waals surface area contributed by atoms with Gasteiger partial charge in [-0.05, 0) is 38.1 Å². The lowest BCUT2D eigenvalue weighted by molar-refractivity contribution is 0.0775. The minimum Gasteiger partial charge on any atom is -0.493 e. The maximum absolute atomic E-state index is 12.6. The molecular formula is C17H20ClNO4. The van der Waals surface area contributed by atoms with Crippen molar-refractivity contribution in [2.45, 2.75) is 26.5 Å². The molecule has 124 valence electrons. The van der Waals surface area contributed by atoms with Gasteiger partial charge in [0.25, 0.3) is 5.91 Å². The van der Waals surface area contributed by atoms with Gasteiger partial charge in [-0.2, -0.15) is 0 Å². The number of ether oxygens (including phenoxy) is 2. The fourth-order valence-electron chi connectivity index (χ4n) is 2.12. The highest BCUT2D eigenvalue weighted by Gasteiger charge is 2.19. The van der Waals surface area contributed by atoms with E-state index >= 15 is 0 Å². The van der Waals surface area contributed by atoms with E-state index < -0.39 is 0 Å². The van der Waals surface area contributed by atoms with Crippen LogP contribution in [0.2, 0.25) is 5.02 Å². The fourth-order valence-corrected chi connectivity index (χ4v) is 2.38. The third-order valence-electron chi connectivity index (χ3n) is 3.15. The van der Waals surface area contributed by atoms with Crippen LogP contribution in [0.1, 0.15) is 30.0 Å². The van der Waals surface area contributed by atoms with Crippen molar-refractivity contribution < 1.29 is 18.7 Å². The van der Waals surface area contributed by atoms with Gasteiger partial charge in [0.1, 0.15) is 5.76 Å². The molecule has 5 nitrogen and oxygen atoms in total. The number of benzene rings is 1. The number of hydrogen-bond acceptors (Lipinski definition) is 4. The Labute approximate surface area is 140 Å². The zero-order chi connectivity index (χ0) is 17.0. The van der Waals surface area contributed by atoms with Gasteiger partial charge in [-0.25, -0.2) is 0 Å². The number of carbonyl (C=O) groups excluding carboxylic acids is 1. The van der Waals surface area contributed by atoms with Crippen molar-refractivity contribution >= 4 is 17.5 Å². The zero-order valence-electron chi connectivity index (χ0n) is 13.6. The van der Waals surface area contributed by atoms with Crippen molar-refractivity contribution in [3.8, 4) is 11.5 Å². The van der Waals surface area contributed by atoms with Gasteiger partial charge in [0.15, 0.2) is 11.5 Å². The smallest absolute Gasteiger partial charge is 0.254 e. The molecule has 1 amide bonds. The molecule has 23 heavy (non-hydrogen) atoms. The van der Waals surface area contributed by atoms with Gasteiger partial charge < -0.3 is 18.8 Å². The Morgan fingerprint density at radius 1 is 1.39 bits per heavy atom. The molecule has 0 saturated heterocycles. The largest absolute Gasteiger partial charge is 0.493 e. The van der Waals surface area contributed by atoms with Crippen LogP contribution >= 0.6 is 11.6 Å². The van der Waals surface area contributed by atoms with Crippen molar-refractivity contribution in [2.24, 2.45) is 0 Å². The summed E-state index contributed by atoms with van der Waals surface area (Å²) in [5, 5.41) is 0.341. The monoisotopic (exact) mass is 337 g/mol. The number of nitrogens with zero attached hydrogens (tertiary/aromatic N) is 1. The SMILES string of the molecule is COc1cc(C(=O)N(C)Cc2ccco2)cc(Cl)c1OC(C)C. The number of furan rings is 1. The summed E-state index contributed by atoms with van der Waals surface area (Å²) in [7, 11) is 3.21. The number of amides is 1. The first kappa shape index (κ1) is 17.2. The van der Waals surface area contributed by atoms with Crippen molar-refractivity contribution in [2.75, 3.05) is 14.2 Å². The highest BCUT2D eigenvalue weighted by Crippen LogP contribution is 2.37. The van der Waals surface area contributed by atoms with Gasteiger partial charge >= 0.3 is 0 Å². The lowest BCUT2D eigenvalue weighted by atomic mass is 10.1. The third kappa shape index (κ3) is 4.20. The van der Waals surface area contributed by atoms with Gasteiger partial charge in [-0.3, -0.25) is 4.79 Å². The van der Waals surface area contributed by atoms with E-state index in [4.69, 9.17) is 25.5 Å². The highest BCUT2D eigenvalue weighted by molar-refractivity contribution is 6.32. The Morgan fingerprint density at radius 3 is 2.70 bits per heavy atom. The molecular weight excluding hydrogens is 318 g/mol. The molecule has 2 aromatic rings. The number of halogens is 1. The van der Waals surface area contributed by atoms with E-state index in [0.29, 0.717) is 34.4 Å². The quantitative estimate of drug-likeness (QED) is 0.799. The molecule has 0 aliphatic carbocycles. The van der Waals surface area contributed by atoms with Crippen LogP contribution in [0.5, 0.6) is 11.5 Å². The molecule has 1 aromatic heterocycles. The molecule has 0 radical (unpaired) electrons. The van der Waals surface area contributed by atoms with Crippen LogP contribution < -0.4 is 9.47 Å². The number of carbonyl (C=O) groups is 1. The summed E-state index contributed by atoms with van der Waals surface area (Å²) in [5.41, 5.74) is 0.428. The van der Waals surface area contributed by atoms with Crippen LogP contribution in [0.3, 0.4) is 0 Å². The van der Waals surface area contributed by atoms with Crippen LogP contribution in [0, 0.1) is 0 Å². The highest BCUT2D eigenvalue weighted by atomic mass is 35.5. The molecule has 0 bridgehead atoms. The van der Waals surface area contributed by atoms with Crippen LogP contribution in [-0.2, 0) is 6.54 Å². The average molecular weight is 338 g/mol. The maximum atomic E-state index is 12.6. The lowest BCUT2D eigenvalue weighted by Gasteiger charge is -2.19. The summed E-state index contributed by atoms with van der Waals surface area (Å²) in [5.74, 6) is 1.40. The summed E-state index contributed by atoms with van der Waals surface area (Å²) in [6, 6.07) is 6.82. The molecule has 0 aliphatic heterocycles. The van der Waals surface area contributed by atoms with E-state index in [9.17, 15) is 4.79 Å². The summed E-state index contributed by atoms with van der Waals surface area (Å²) in [6.07, 6.45) is 1.52. The van der Waals surface area contributed by atoms with Crippen LogP contribution in [0.4, 0.5) is 0 Å². The first-order chi connectivity index (χ1) is 10.9. The van der Waals surface area contributed by atoms with E-state index in [1.165, 1.54) is 7.11 Å². The molecule has 0 saturated carbocycles. The van der Waals surface area contributed by atoms with E-state index in [1.54, 1.807) is 36.4 Å². The Balaban J connectivity index is 2.25. The molecule has 0 aliphatic rings. The van der Waals surface area contributed by atoms with E-state index in [0.717, 1.165) is 0 Å². The molecule has 1 heterocycles. The summed E-state index contributed by atoms with van der Waals surface area (Å²) < 4.78 is 16.2. The van der Waals surface area contributed by atoms with Crippen LogP contribution in [-0.4, -0.2) is 31.1 Å². The van der Waals surface area contributed by atoms with Gasteiger partial charge in [-0.1, -0.05) is 11.6 Å². The second-order valence-corrected chi connectivity index (χ2v) is 5.80. The predicted octanol–water partition coefficient (Wildman–Crippen LogP) is 4.00. The number of hydrogen-bond donors (Lipinski definition) is 0. The van der Waals surface area contributed by atoms with E-state index in [-0.39, 0.29) is 12.0 Å². The molecule has 0 spiro atoms. The Morgan fingerprint density at radius 2 is 2.13 bits per heavy atom. The third-order valence-corrected chi connectivity index (χ3v) is 3.43. The Kier molecular flexibility index (Phi) is 5.55. The number of rotatable bonds is 6. The first-order valence-corrected chi connectivity index (χ1v) is 7.62. The number of methoxy groups -OCH3 is 1. The van der Waals surface area contributed by atoms with Crippen molar-refractivity contribution in [3.63, 3.8) is 0 Å². The van der Waals surface area contributed by atoms with Gasteiger partial charge in [0.2, 0.25) is 0 Å². The summed E-state index contributed by atoms with van der Waals surface area (Å²) in [4.78, 5) is 14.1. The van der Waals surface area contributed by atoms with Crippen molar-refractivity contribution in [1.29, 1.82) is 0 Å². The van der Waals surface area contributed by atoms with Crippen molar-refractivity contribution in [1.82, 2.24) is 4.90 Å². The Hall–Kier alpha value is -2.14. The molecule has 6 heteroatoms. The summed E-state index contributed by atoms with van der Waals surface area (Å²) >= 11 is 6.25. The first-order valence-electron chi connectivity index (χ1n) is 7.24. The van der Waals surface area contributed by atoms with E-state index in [1.807, 2.05) is 19.9 Å². The molecule has 1 aromatic carbocycles. The van der Waals surface area contributed by atoms with E-state index in [2.05, 4.69) is 0 Å². The minimum atomic E-state index is -0.183. The van der Waals surface area contributed by atoms with Crippen LogP contribution in [0.25, 0.3) is 0 Å². The second-order valence-electron chi connectivity index (χ2n) is 5.40. The lowest BCUT2D eigenvalue weighted by Crippen LogP contribution is -2.26. The molecule has 0 unspecified atom stereocenters. The topological polar surface area (TPSA) is 51.9 Å². The van der Waals surface area contributed by atoms with Crippen LogP contribution in [0.15, 0.2) is 34.9 Å². The maximum Gasteiger partial charge on any atom is 0.254 e. The van der Waals surface area contributed by atoms with Gasteiger partial charge in [0, 0.05) is 12.6 Å². The standard InChI is InChI=1S/C17H20ClNO4/c1-11(2)23-16-14(18)8-12(9-15(16)21-4)17(20)19(3)10-13-6-5-7-22-13/h5-9,11H,10H2,1-4H3. The molecule has 0 fully saturated rings. The second kappa shape index (κ2) is 7.42. The molecule has 2 rings (SSSR count). The fraction of sp³-hybridized carbons (Fsp3) is 0.353. The predicted molar refractivity (Wildman–Crippen MR) is 88.3 cm³/mol. The molecule has 0 N–H and O–H groups in total. The average Bonchev–Trinajstić information content (AvgIpc) is 3.00. The van der Waals surface area contributed by atoms with Gasteiger partial charge in [-0.15, -0.1) is 0 Å². The molecule has 0 atom stereocenters. The van der Waals surface area contributed by atoms with Gasteiger partial charge in [0.05, 0.1) is 31.0 Å². The Bertz CT molecular complexity index is 667. The summed E-state index contributed by atoms with van der Waals surface area (Å²) in [6.45, 7) is 4.16. The zero-order valence-corrected chi connectivity index (χ0v) is 14.4. The normalized spacial score (nSPS) is 10.7. The van der Waals surface area contributed by atoms with Crippen molar-refractivity contribution in [3.05, 3.63) is 46.9 Å². The minimum absolute atomic E-state index is 0.0513.